The lowest BCUT2D eigenvalue weighted by atomic mass is 10.3. The van der Waals surface area contributed by atoms with Crippen molar-refractivity contribution in [3.05, 3.63) is 24.3 Å². The van der Waals surface area contributed by atoms with E-state index in [2.05, 4.69) is 15.0 Å². The van der Waals surface area contributed by atoms with Gasteiger partial charge in [0.1, 0.15) is 5.75 Å². The number of nitrogens with one attached hydrogen (secondary N) is 2. The number of para-hydroxylation sites is 2. The highest BCUT2D eigenvalue weighted by molar-refractivity contribution is 7.88. The minimum absolute atomic E-state index is 0.258. The predicted octanol–water partition coefficient (Wildman–Crippen LogP) is 0.361. The molecule has 0 fully saturated rings. The Kier molecular flexibility index (Phi) is 6.26. The normalized spacial score (nSPS) is 12.2. The minimum Gasteiger partial charge on any atom is -0.495 e. The van der Waals surface area contributed by atoms with Crippen LogP contribution in [-0.4, -0.2) is 40.8 Å². The SMILES string of the molecule is COc1ccccc1NC(N)=NCCCNS(C)(=O)=O. The third-order valence-corrected chi connectivity index (χ3v) is 3.08. The smallest absolute Gasteiger partial charge is 0.208 e. The van der Waals surface area contributed by atoms with Gasteiger partial charge in [-0.3, -0.25) is 4.99 Å². The van der Waals surface area contributed by atoms with E-state index >= 15 is 0 Å². The lowest BCUT2D eigenvalue weighted by Gasteiger charge is -2.10. The molecule has 1 aromatic rings. The van der Waals surface area contributed by atoms with E-state index in [1.807, 2.05) is 24.3 Å². The van der Waals surface area contributed by atoms with Crippen LogP contribution in [0.3, 0.4) is 0 Å². The van der Waals surface area contributed by atoms with Crippen molar-refractivity contribution in [1.82, 2.24) is 4.72 Å². The van der Waals surface area contributed by atoms with Gasteiger partial charge < -0.3 is 15.8 Å². The van der Waals surface area contributed by atoms with E-state index in [0.717, 1.165) is 11.9 Å². The Bertz CT molecular complexity index is 558. The highest BCUT2D eigenvalue weighted by Gasteiger charge is 2.02. The molecule has 0 aliphatic rings. The standard InChI is InChI=1S/C12H20N4O3S/c1-19-11-7-4-3-6-10(11)16-12(13)14-8-5-9-15-20(2,17)18/h3-4,6-7,15H,5,8-9H2,1-2H3,(H3,13,14,16). The number of hydrogen-bond acceptors (Lipinski definition) is 4. The average molecular weight is 300 g/mol. The molecule has 0 aliphatic carbocycles. The Balaban J connectivity index is 2.42. The van der Waals surface area contributed by atoms with Crippen molar-refractivity contribution in [1.29, 1.82) is 0 Å². The van der Waals surface area contributed by atoms with E-state index in [9.17, 15) is 8.42 Å². The number of nitrogens with two attached hydrogens (primary N) is 1. The van der Waals surface area contributed by atoms with Crippen LogP contribution >= 0.6 is 0 Å². The second-order valence-electron chi connectivity index (χ2n) is 4.11. The molecule has 0 bridgehead atoms. The molecule has 0 amide bonds. The summed E-state index contributed by atoms with van der Waals surface area (Å²) in [5.41, 5.74) is 6.47. The molecule has 8 heteroatoms. The second kappa shape index (κ2) is 7.71. The number of hydrogen-bond donors (Lipinski definition) is 3. The van der Waals surface area contributed by atoms with Crippen molar-refractivity contribution in [3.63, 3.8) is 0 Å². The van der Waals surface area contributed by atoms with Gasteiger partial charge in [0, 0.05) is 13.1 Å². The number of sulfonamides is 1. The van der Waals surface area contributed by atoms with Gasteiger partial charge in [-0.25, -0.2) is 13.1 Å². The predicted molar refractivity (Wildman–Crippen MR) is 80.6 cm³/mol. The van der Waals surface area contributed by atoms with E-state index in [1.165, 1.54) is 0 Å². The lowest BCUT2D eigenvalue weighted by molar-refractivity contribution is 0.417. The third-order valence-electron chi connectivity index (χ3n) is 2.35. The zero-order chi connectivity index (χ0) is 15.0. The van der Waals surface area contributed by atoms with Crippen LogP contribution < -0.4 is 20.5 Å². The Labute approximate surface area is 119 Å². The molecule has 0 aromatic heterocycles. The molecule has 0 unspecified atom stereocenters. The van der Waals surface area contributed by atoms with E-state index in [-0.39, 0.29) is 5.96 Å². The van der Waals surface area contributed by atoms with Crippen LogP contribution in [0.5, 0.6) is 5.75 Å². The summed E-state index contributed by atoms with van der Waals surface area (Å²) in [7, 11) is -1.57. The summed E-state index contributed by atoms with van der Waals surface area (Å²) in [5, 5.41) is 2.93. The molecular weight excluding hydrogens is 280 g/mol. The first-order chi connectivity index (χ1) is 9.42. The van der Waals surface area contributed by atoms with E-state index in [1.54, 1.807) is 7.11 Å². The summed E-state index contributed by atoms with van der Waals surface area (Å²) < 4.78 is 29.2. The number of ether oxygens (including phenoxy) is 1. The van der Waals surface area contributed by atoms with Crippen LogP contribution in [0, 0.1) is 0 Å². The average Bonchev–Trinajstić information content (AvgIpc) is 2.37. The van der Waals surface area contributed by atoms with E-state index < -0.39 is 10.0 Å². The van der Waals surface area contributed by atoms with Gasteiger partial charge >= 0.3 is 0 Å². The molecule has 4 N–H and O–H groups in total. The first-order valence-corrected chi connectivity index (χ1v) is 7.96. The molecule has 0 radical (unpaired) electrons. The quantitative estimate of drug-likeness (QED) is 0.383. The highest BCUT2D eigenvalue weighted by atomic mass is 32.2. The zero-order valence-corrected chi connectivity index (χ0v) is 12.4. The number of rotatable bonds is 7. The topological polar surface area (TPSA) is 106 Å². The molecule has 1 rings (SSSR count). The molecule has 7 nitrogen and oxygen atoms in total. The second-order valence-corrected chi connectivity index (χ2v) is 5.95. The van der Waals surface area contributed by atoms with E-state index in [0.29, 0.717) is 25.3 Å². The van der Waals surface area contributed by atoms with Gasteiger partial charge in [0.25, 0.3) is 0 Å². The van der Waals surface area contributed by atoms with Crippen molar-refractivity contribution in [2.75, 3.05) is 31.8 Å². The summed E-state index contributed by atoms with van der Waals surface area (Å²) in [6.07, 6.45) is 1.69. The van der Waals surface area contributed by atoms with Crippen molar-refractivity contribution < 1.29 is 13.2 Å². The largest absolute Gasteiger partial charge is 0.495 e. The fourth-order valence-corrected chi connectivity index (χ4v) is 1.98. The minimum atomic E-state index is -3.14. The summed E-state index contributed by atoms with van der Waals surface area (Å²) in [4.78, 5) is 4.11. The van der Waals surface area contributed by atoms with Gasteiger partial charge in [-0.2, -0.15) is 0 Å². The Hall–Kier alpha value is -1.80. The van der Waals surface area contributed by atoms with Gasteiger partial charge in [-0.1, -0.05) is 12.1 Å². The number of methoxy groups -OCH3 is 1. The molecular formula is C12H20N4O3S. The van der Waals surface area contributed by atoms with Crippen LogP contribution in [0.1, 0.15) is 6.42 Å². The number of benzene rings is 1. The van der Waals surface area contributed by atoms with Crippen LogP contribution in [0.2, 0.25) is 0 Å². The maximum atomic E-state index is 10.8. The summed E-state index contributed by atoms with van der Waals surface area (Å²) in [5.74, 6) is 0.929. The Morgan fingerprint density at radius 1 is 1.40 bits per heavy atom. The van der Waals surface area contributed by atoms with Crippen molar-refractivity contribution in [3.8, 4) is 5.75 Å². The van der Waals surface area contributed by atoms with Crippen molar-refractivity contribution >= 4 is 21.7 Å². The van der Waals surface area contributed by atoms with Crippen LogP contribution in [-0.2, 0) is 10.0 Å². The van der Waals surface area contributed by atoms with Crippen LogP contribution in [0.25, 0.3) is 0 Å². The number of guanidine groups is 1. The molecule has 0 aliphatic heterocycles. The fraction of sp³-hybridized carbons (Fsp3) is 0.417. The molecule has 20 heavy (non-hydrogen) atoms. The Morgan fingerprint density at radius 3 is 2.75 bits per heavy atom. The molecule has 1 aromatic carbocycles. The monoisotopic (exact) mass is 300 g/mol. The van der Waals surface area contributed by atoms with Gasteiger partial charge in [0.15, 0.2) is 5.96 Å². The maximum Gasteiger partial charge on any atom is 0.208 e. The van der Waals surface area contributed by atoms with Crippen molar-refractivity contribution in [2.24, 2.45) is 10.7 Å². The van der Waals surface area contributed by atoms with Crippen LogP contribution in [0.15, 0.2) is 29.3 Å². The molecule has 0 atom stereocenters. The molecule has 112 valence electrons. The lowest BCUT2D eigenvalue weighted by Crippen LogP contribution is -2.25. The summed E-state index contributed by atoms with van der Waals surface area (Å²) in [6, 6.07) is 7.35. The zero-order valence-electron chi connectivity index (χ0n) is 11.6. The highest BCUT2D eigenvalue weighted by Crippen LogP contribution is 2.22. The van der Waals surface area contributed by atoms with E-state index in [4.69, 9.17) is 10.5 Å². The number of aliphatic imine (C=N–C) groups is 1. The van der Waals surface area contributed by atoms with Crippen molar-refractivity contribution in [2.45, 2.75) is 6.42 Å². The van der Waals surface area contributed by atoms with Crippen LogP contribution in [0.4, 0.5) is 5.69 Å². The first kappa shape index (κ1) is 16.3. The first-order valence-electron chi connectivity index (χ1n) is 6.07. The molecule has 0 spiro atoms. The number of anilines is 1. The number of nitrogens with zero attached hydrogens (tertiary/aromatic N) is 1. The Morgan fingerprint density at radius 2 is 2.10 bits per heavy atom. The molecule has 0 saturated carbocycles. The van der Waals surface area contributed by atoms with Gasteiger partial charge in [-0.15, -0.1) is 0 Å². The molecule has 0 heterocycles. The summed E-state index contributed by atoms with van der Waals surface area (Å²) >= 11 is 0. The van der Waals surface area contributed by atoms with Gasteiger partial charge in [-0.05, 0) is 18.6 Å². The fourth-order valence-electron chi connectivity index (χ4n) is 1.46. The maximum absolute atomic E-state index is 10.8. The van der Waals surface area contributed by atoms with Gasteiger partial charge in [0.2, 0.25) is 10.0 Å². The third kappa shape index (κ3) is 6.39. The van der Waals surface area contributed by atoms with Gasteiger partial charge in [0.05, 0.1) is 19.1 Å². The molecule has 0 saturated heterocycles. The summed E-state index contributed by atoms with van der Waals surface area (Å²) in [6.45, 7) is 0.765.